The minimum Gasteiger partial charge on any atom is -0.456 e. The normalized spacial score (nSPS) is 12.2. The van der Waals surface area contributed by atoms with Gasteiger partial charge in [0.25, 0.3) is 0 Å². The fourth-order valence-corrected chi connectivity index (χ4v) is 14.6. The van der Waals surface area contributed by atoms with Crippen LogP contribution in [0, 0.1) is 0 Å². The number of hydrogen-bond donors (Lipinski definition) is 0. The van der Waals surface area contributed by atoms with Gasteiger partial charge in [-0.1, -0.05) is 182 Å². The van der Waals surface area contributed by atoms with Crippen LogP contribution in [0.25, 0.3) is 198 Å². The summed E-state index contributed by atoms with van der Waals surface area (Å²) in [5.74, 6) is 0. The lowest BCUT2D eigenvalue weighted by Crippen LogP contribution is -1.94. The van der Waals surface area contributed by atoms with Crippen molar-refractivity contribution in [3.05, 3.63) is 291 Å². The van der Waals surface area contributed by atoms with Gasteiger partial charge in [0.15, 0.2) is 5.58 Å². The fraction of sp³-hybridized carbons (Fsp3) is 0. The van der Waals surface area contributed by atoms with Crippen molar-refractivity contribution in [1.29, 1.82) is 0 Å². The predicted molar refractivity (Wildman–Crippen MR) is 371 cm³/mol. The average Bonchev–Trinajstić information content (AvgIpc) is 1.61. The molecule has 0 fully saturated rings. The van der Waals surface area contributed by atoms with Gasteiger partial charge in [0.1, 0.15) is 39.1 Å². The summed E-state index contributed by atoms with van der Waals surface area (Å²) in [5.41, 5.74) is 25.0. The highest BCUT2D eigenvalue weighted by Crippen LogP contribution is 2.45. The van der Waals surface area contributed by atoms with E-state index in [9.17, 15) is 0 Å². The highest BCUT2D eigenvalue weighted by molar-refractivity contribution is 6.22. The van der Waals surface area contributed by atoms with E-state index in [0.29, 0.717) is 0 Å². The van der Waals surface area contributed by atoms with Gasteiger partial charge in [0, 0.05) is 82.1 Å². The third-order valence-corrected chi connectivity index (χ3v) is 19.0. The fourth-order valence-electron chi connectivity index (χ4n) is 14.6. The molecule has 0 aliphatic carbocycles. The van der Waals surface area contributed by atoms with Crippen LogP contribution in [-0.2, 0) is 0 Å². The number of para-hydroxylation sites is 4. The van der Waals surface area contributed by atoms with E-state index in [0.717, 1.165) is 182 Å². The van der Waals surface area contributed by atoms with Gasteiger partial charge < -0.3 is 26.8 Å². The Bertz CT molecular complexity index is 6360. The molecule has 0 saturated heterocycles. The lowest BCUT2D eigenvalue weighted by Gasteiger charge is -2.11. The molecule has 0 unspecified atom stereocenters. The number of nitrogens with zero attached hydrogens (tertiary/aromatic N) is 2. The topological polar surface area (TPSA) is 62.4 Å². The standard InChI is InChI=1S/C84H48N2O4/c1-5-13-73-61(9-1)67-39-40-68-66-38-30-58(46-81(66)90-84(68)83(67)86(73)60-35-27-52(28-36-60)50-19-23-54(24-20-50)56-32-42-80-71(44-56)64-11-3-7-15-77(64)88-80)57-29-37-62-69-47-72-65-12-4-8-16-78(65)89-82(72)48-75(69)85(74(62)45-57)59-33-25-51(26-34-59)49-17-21-53(22-18-49)55-31-41-79-70(43-55)63-10-2-6-14-76(63)87-79/h1-48H. The first-order valence-corrected chi connectivity index (χ1v) is 30.6. The van der Waals surface area contributed by atoms with Crippen molar-refractivity contribution < 1.29 is 17.7 Å². The van der Waals surface area contributed by atoms with Gasteiger partial charge in [-0.2, -0.15) is 0 Å². The van der Waals surface area contributed by atoms with E-state index in [1.165, 1.54) is 16.2 Å². The lowest BCUT2D eigenvalue weighted by atomic mass is 9.99. The molecule has 0 spiro atoms. The SMILES string of the molecule is c1ccc2c(c1)oc1ccc(-c3ccc(-c4ccc(-n5c6cc(-c7ccc8c(c7)oc7c8ccc8c9ccccc9n(-c9ccc(-c%10ccc(-c%11ccc%12oc%13ccccc%13c%12c%11)cc%10)cc9)c87)ccc6c6cc7c(cc65)oc5ccccc57)cc4)cc3)cc12. The molecule has 0 saturated carbocycles. The van der Waals surface area contributed by atoms with Crippen LogP contribution in [0.2, 0.25) is 0 Å². The third-order valence-electron chi connectivity index (χ3n) is 19.0. The van der Waals surface area contributed by atoms with Crippen LogP contribution in [0.1, 0.15) is 0 Å². The van der Waals surface area contributed by atoms with E-state index in [-0.39, 0.29) is 0 Å². The molecule has 14 aromatic carbocycles. The van der Waals surface area contributed by atoms with Crippen LogP contribution >= 0.6 is 0 Å². The molecule has 90 heavy (non-hydrogen) atoms. The molecule has 0 aliphatic rings. The minimum atomic E-state index is 0.841. The summed E-state index contributed by atoms with van der Waals surface area (Å²) in [6.45, 7) is 0. The molecule has 0 aliphatic heterocycles. The quantitative estimate of drug-likeness (QED) is 0.160. The molecule has 0 atom stereocenters. The van der Waals surface area contributed by atoms with Crippen molar-refractivity contribution in [3.8, 4) is 67.0 Å². The van der Waals surface area contributed by atoms with Crippen LogP contribution in [0.4, 0.5) is 0 Å². The zero-order chi connectivity index (χ0) is 58.7. The third kappa shape index (κ3) is 7.33. The van der Waals surface area contributed by atoms with Crippen LogP contribution in [0.3, 0.4) is 0 Å². The number of aromatic nitrogens is 2. The first-order valence-electron chi connectivity index (χ1n) is 30.6. The van der Waals surface area contributed by atoms with Crippen molar-refractivity contribution in [1.82, 2.24) is 9.13 Å². The molecule has 6 aromatic heterocycles. The summed E-state index contributed by atoms with van der Waals surface area (Å²) in [7, 11) is 0. The minimum absolute atomic E-state index is 0.841. The van der Waals surface area contributed by atoms with E-state index in [2.05, 4.69) is 270 Å². The second-order valence-electron chi connectivity index (χ2n) is 23.9. The van der Waals surface area contributed by atoms with Crippen molar-refractivity contribution in [3.63, 3.8) is 0 Å². The van der Waals surface area contributed by atoms with Gasteiger partial charge >= 0.3 is 0 Å². The van der Waals surface area contributed by atoms with Crippen molar-refractivity contribution in [2.45, 2.75) is 0 Å². The maximum atomic E-state index is 7.16. The smallest absolute Gasteiger partial charge is 0.160 e. The lowest BCUT2D eigenvalue weighted by molar-refractivity contribution is 0.668. The molecular weight excluding hydrogens is 1100 g/mol. The molecule has 20 aromatic rings. The molecule has 0 radical (unpaired) electrons. The predicted octanol–water partition coefficient (Wildman–Crippen LogP) is 23.8. The van der Waals surface area contributed by atoms with Crippen molar-refractivity contribution >= 4 is 131 Å². The van der Waals surface area contributed by atoms with E-state index < -0.39 is 0 Å². The van der Waals surface area contributed by atoms with Crippen LogP contribution < -0.4 is 0 Å². The number of rotatable bonds is 7. The second-order valence-corrected chi connectivity index (χ2v) is 23.9. The van der Waals surface area contributed by atoms with E-state index in [1.807, 2.05) is 30.3 Å². The first-order chi connectivity index (χ1) is 44.5. The monoisotopic (exact) mass is 1150 g/mol. The number of benzene rings is 14. The van der Waals surface area contributed by atoms with Crippen LogP contribution in [0.15, 0.2) is 309 Å². The Morgan fingerprint density at radius 2 is 0.533 bits per heavy atom. The number of fused-ring (bicyclic) bond motifs is 19. The Morgan fingerprint density at radius 1 is 0.178 bits per heavy atom. The summed E-state index contributed by atoms with van der Waals surface area (Å²) < 4.78 is 30.7. The van der Waals surface area contributed by atoms with Gasteiger partial charge in [0.05, 0.1) is 22.1 Å². The highest BCUT2D eigenvalue weighted by Gasteiger charge is 2.22. The van der Waals surface area contributed by atoms with E-state index >= 15 is 0 Å². The van der Waals surface area contributed by atoms with Gasteiger partial charge in [-0.05, 0) is 159 Å². The van der Waals surface area contributed by atoms with Crippen molar-refractivity contribution in [2.24, 2.45) is 0 Å². The molecule has 20 rings (SSSR count). The summed E-state index contributed by atoms with van der Waals surface area (Å²) in [6.07, 6.45) is 0. The van der Waals surface area contributed by atoms with Crippen LogP contribution in [-0.4, -0.2) is 9.13 Å². The molecule has 0 bridgehead atoms. The Hall–Kier alpha value is -12.1. The van der Waals surface area contributed by atoms with Crippen LogP contribution in [0.5, 0.6) is 0 Å². The first kappa shape index (κ1) is 49.0. The zero-order valence-corrected chi connectivity index (χ0v) is 48.2. The number of furan rings is 4. The largest absolute Gasteiger partial charge is 0.456 e. The second kappa shape index (κ2) is 18.7. The molecule has 0 amide bonds. The Labute approximate surface area is 513 Å². The average molecular weight is 1150 g/mol. The maximum Gasteiger partial charge on any atom is 0.160 e. The Morgan fingerprint density at radius 3 is 1.11 bits per heavy atom. The van der Waals surface area contributed by atoms with Crippen molar-refractivity contribution in [2.75, 3.05) is 0 Å². The number of hydrogen-bond acceptors (Lipinski definition) is 4. The Kier molecular flexibility index (Phi) is 10.2. The molecule has 6 heterocycles. The molecule has 0 N–H and O–H groups in total. The van der Waals surface area contributed by atoms with E-state index in [4.69, 9.17) is 17.7 Å². The molecule has 6 nitrogen and oxygen atoms in total. The summed E-state index contributed by atoms with van der Waals surface area (Å²) in [5, 5.41) is 13.6. The maximum absolute atomic E-state index is 7.16. The van der Waals surface area contributed by atoms with Gasteiger partial charge in [0.2, 0.25) is 0 Å². The summed E-state index contributed by atoms with van der Waals surface area (Å²) >= 11 is 0. The summed E-state index contributed by atoms with van der Waals surface area (Å²) in [6, 6.07) is 105. The van der Waals surface area contributed by atoms with Gasteiger partial charge in [-0.3, -0.25) is 0 Å². The molecule has 6 heteroatoms. The highest BCUT2D eigenvalue weighted by atomic mass is 16.3. The van der Waals surface area contributed by atoms with Gasteiger partial charge in [-0.15, -0.1) is 0 Å². The summed E-state index contributed by atoms with van der Waals surface area (Å²) in [4.78, 5) is 0. The van der Waals surface area contributed by atoms with E-state index in [1.54, 1.807) is 0 Å². The molecular formula is C84H48N2O4. The Balaban J connectivity index is 0.660. The molecule has 418 valence electrons. The van der Waals surface area contributed by atoms with Gasteiger partial charge in [-0.25, -0.2) is 0 Å². The zero-order valence-electron chi connectivity index (χ0n) is 48.2.